The first kappa shape index (κ1) is 22.4. The van der Waals surface area contributed by atoms with E-state index in [4.69, 9.17) is 23.2 Å². The third-order valence-electron chi connectivity index (χ3n) is 6.79. The molecule has 1 fully saturated rings. The number of anilines is 2. The number of nitrogens with zero attached hydrogens (tertiary/aromatic N) is 1. The van der Waals surface area contributed by atoms with E-state index in [1.54, 1.807) is 23.1 Å². The minimum atomic E-state index is -0.247. The number of halogens is 3. The molecule has 0 saturated carbocycles. The first-order chi connectivity index (χ1) is 15.9. The minimum absolute atomic E-state index is 0.00839. The number of hydrogen-bond donors (Lipinski definition) is 1. The van der Waals surface area contributed by atoms with Crippen LogP contribution < -0.4 is 10.2 Å². The van der Waals surface area contributed by atoms with Crippen LogP contribution in [0.1, 0.15) is 41.9 Å². The molecule has 0 radical (unpaired) electrons. The molecule has 5 rings (SSSR count). The Morgan fingerprint density at radius 2 is 1.85 bits per heavy atom. The van der Waals surface area contributed by atoms with Gasteiger partial charge in [-0.25, -0.2) is 4.39 Å². The summed E-state index contributed by atoms with van der Waals surface area (Å²) in [5, 5.41) is 4.45. The minimum Gasteiger partial charge on any atom is -0.317 e. The number of fused-ring (bicyclic) bond motifs is 1. The molecule has 3 aromatic carbocycles. The number of carbonyl (C=O) groups is 1. The lowest BCUT2D eigenvalue weighted by molar-refractivity contribution is -0.287. The lowest BCUT2D eigenvalue weighted by atomic mass is 9.83. The van der Waals surface area contributed by atoms with E-state index in [2.05, 4.69) is 17.4 Å². The fourth-order valence-electron chi connectivity index (χ4n) is 5.14. The van der Waals surface area contributed by atoms with Crippen molar-refractivity contribution in [1.82, 2.24) is 5.32 Å². The molecule has 33 heavy (non-hydrogen) atoms. The van der Waals surface area contributed by atoms with E-state index in [-0.39, 0.29) is 11.7 Å². The number of amides is 1. The third-order valence-corrected chi connectivity index (χ3v) is 7.42. The molecule has 6 heteroatoms. The zero-order valence-electron chi connectivity index (χ0n) is 18.5. The zero-order valence-corrected chi connectivity index (χ0v) is 20.0. The molecule has 0 atom stereocenters. The molecule has 1 saturated heterocycles. The lowest BCUT2D eigenvalue weighted by Gasteiger charge is -2.33. The van der Waals surface area contributed by atoms with Gasteiger partial charge in [-0.2, -0.15) is 0 Å². The Morgan fingerprint density at radius 3 is 2.58 bits per heavy atom. The number of benzene rings is 3. The Morgan fingerprint density at radius 1 is 1.06 bits per heavy atom. The number of piperidine rings is 1. The summed E-state index contributed by atoms with van der Waals surface area (Å²) in [6.07, 6.45) is 3.06. The Kier molecular flexibility index (Phi) is 6.17. The topological polar surface area (TPSA) is 32.3 Å². The third kappa shape index (κ3) is 4.16. The number of carbonyl (C=O) groups excluding carboxylic acids is 1. The maximum atomic E-state index is 13.9. The molecular formula is C27H26Cl2FN2O+. The molecule has 0 aromatic heterocycles. The molecule has 1 N–H and O–H groups in total. The Bertz CT molecular complexity index is 1220. The van der Waals surface area contributed by atoms with Gasteiger partial charge < -0.3 is 5.32 Å². The number of rotatable bonds is 3. The van der Waals surface area contributed by atoms with Crippen LogP contribution in [0, 0.1) is 24.3 Å². The van der Waals surface area contributed by atoms with Crippen LogP contribution in [-0.4, -0.2) is 19.0 Å². The van der Waals surface area contributed by atoms with Crippen LogP contribution in [-0.2, 0) is 11.2 Å². The summed E-state index contributed by atoms with van der Waals surface area (Å²) >= 11 is 12.2. The van der Waals surface area contributed by atoms with Gasteiger partial charge in [-0.1, -0.05) is 29.8 Å². The van der Waals surface area contributed by atoms with Gasteiger partial charge in [-0.15, -0.1) is 0 Å². The predicted molar refractivity (Wildman–Crippen MR) is 129 cm³/mol. The van der Waals surface area contributed by atoms with Crippen molar-refractivity contribution in [2.75, 3.05) is 18.0 Å². The SMILES string of the molecule is Cc1cc(F)ccc1-c1cc(C2CCNCC2)cc2c1CCC(=O)N2c1c(Cl)cccc1[ClH+]. The number of hydrogen-bond acceptors (Lipinski definition) is 2. The first-order valence-corrected chi connectivity index (χ1v) is 12.1. The lowest BCUT2D eigenvalue weighted by Crippen LogP contribution is -2.32. The average molecular weight is 484 g/mol. The first-order valence-electron chi connectivity index (χ1n) is 11.4. The molecule has 3 aromatic rings. The molecule has 0 bridgehead atoms. The highest BCUT2D eigenvalue weighted by Gasteiger charge is 2.33. The summed E-state index contributed by atoms with van der Waals surface area (Å²) in [6, 6.07) is 14.7. The fourth-order valence-corrected chi connectivity index (χ4v) is 5.73. The summed E-state index contributed by atoms with van der Waals surface area (Å²) in [6.45, 7) is 3.87. The molecule has 3 nitrogen and oxygen atoms in total. The van der Waals surface area contributed by atoms with E-state index in [1.807, 2.05) is 19.1 Å². The zero-order chi connectivity index (χ0) is 23.1. The summed E-state index contributed by atoms with van der Waals surface area (Å²) < 4.78 is 13.9. The summed E-state index contributed by atoms with van der Waals surface area (Å²) in [7, 11) is 0. The van der Waals surface area contributed by atoms with Crippen molar-refractivity contribution in [3.63, 3.8) is 0 Å². The molecule has 0 spiro atoms. The van der Waals surface area contributed by atoms with E-state index in [0.29, 0.717) is 34.5 Å². The molecule has 170 valence electrons. The molecule has 0 unspecified atom stereocenters. The Balaban J connectivity index is 1.77. The van der Waals surface area contributed by atoms with E-state index < -0.39 is 0 Å². The van der Waals surface area contributed by atoms with Gasteiger partial charge in [0.05, 0.1) is 10.7 Å². The highest BCUT2D eigenvalue weighted by Crippen LogP contribution is 2.46. The second-order valence-corrected chi connectivity index (χ2v) is 9.71. The van der Waals surface area contributed by atoms with Gasteiger partial charge in [0, 0.05) is 12.5 Å². The normalized spacial score (nSPS) is 16.7. The smallest absolute Gasteiger partial charge is 0.251 e. The van der Waals surface area contributed by atoms with Crippen LogP contribution in [0.15, 0.2) is 48.5 Å². The van der Waals surface area contributed by atoms with Crippen molar-refractivity contribution >= 4 is 28.9 Å². The molecule has 2 aliphatic heterocycles. The van der Waals surface area contributed by atoms with Gasteiger partial charge in [0.25, 0.3) is 5.02 Å². The quantitative estimate of drug-likeness (QED) is 0.478. The largest absolute Gasteiger partial charge is 0.317 e. The van der Waals surface area contributed by atoms with Crippen LogP contribution in [0.25, 0.3) is 11.1 Å². The van der Waals surface area contributed by atoms with E-state index in [0.717, 1.165) is 53.9 Å². The Labute approximate surface area is 203 Å². The molecule has 0 aliphatic carbocycles. The average Bonchev–Trinajstić information content (AvgIpc) is 2.80. The second kappa shape index (κ2) is 9.09. The standard InChI is InChI=1S/C27H26Cl2FN2O/c1-16-13-19(30)5-6-20(16)22-14-18(17-9-11-31-12-10-17)15-25-21(22)7-8-26(33)32(25)27-23(28)3-2-4-24(27)29/h2-6,13-15,17,28,31H,7-12H2,1H3/q+1. The maximum absolute atomic E-state index is 13.9. The highest BCUT2D eigenvalue weighted by atomic mass is 35.5. The van der Waals surface area contributed by atoms with E-state index >= 15 is 0 Å². The van der Waals surface area contributed by atoms with Gasteiger partial charge in [0.15, 0.2) is 11.6 Å². The number of para-hydroxylation sites is 1. The maximum Gasteiger partial charge on any atom is 0.251 e. The predicted octanol–water partition coefficient (Wildman–Crippen LogP) is 6.23. The summed E-state index contributed by atoms with van der Waals surface area (Å²) in [5.41, 5.74) is 6.64. The monoisotopic (exact) mass is 483 g/mol. The van der Waals surface area contributed by atoms with Gasteiger partial charge in [-0.3, -0.25) is 9.69 Å². The van der Waals surface area contributed by atoms with E-state index in [9.17, 15) is 9.18 Å². The number of aryl methyl sites for hydroxylation is 1. The molecule has 2 aliphatic rings. The van der Waals surface area contributed by atoms with Crippen LogP contribution in [0.3, 0.4) is 0 Å². The van der Waals surface area contributed by atoms with Gasteiger partial charge in [0.2, 0.25) is 5.91 Å². The van der Waals surface area contributed by atoms with Crippen molar-refractivity contribution in [1.29, 1.82) is 0 Å². The van der Waals surface area contributed by atoms with E-state index in [1.165, 1.54) is 11.6 Å². The van der Waals surface area contributed by atoms with Crippen molar-refractivity contribution in [3.8, 4) is 11.1 Å². The van der Waals surface area contributed by atoms with Crippen LogP contribution in [0.2, 0.25) is 10.0 Å². The van der Waals surface area contributed by atoms with Crippen LogP contribution in [0.4, 0.5) is 15.8 Å². The van der Waals surface area contributed by atoms with Crippen molar-refractivity contribution < 1.29 is 20.8 Å². The number of nitrogens with one attached hydrogen (secondary N) is 1. The van der Waals surface area contributed by atoms with Crippen LogP contribution in [0.5, 0.6) is 0 Å². The highest BCUT2D eigenvalue weighted by molar-refractivity contribution is 6.34. The second-order valence-electron chi connectivity index (χ2n) is 8.87. The van der Waals surface area contributed by atoms with Gasteiger partial charge in [0.1, 0.15) is 11.5 Å². The van der Waals surface area contributed by atoms with Crippen LogP contribution >= 0.6 is 11.6 Å². The molecular weight excluding hydrogens is 458 g/mol. The van der Waals surface area contributed by atoms with Crippen molar-refractivity contribution in [2.45, 2.75) is 38.5 Å². The molecule has 1 amide bonds. The Hall–Kier alpha value is -2.40. The summed E-state index contributed by atoms with van der Waals surface area (Å²) in [4.78, 5) is 15.0. The van der Waals surface area contributed by atoms with Crippen molar-refractivity contribution in [3.05, 3.63) is 81.1 Å². The molecule has 2 heterocycles. The fraction of sp³-hybridized carbons (Fsp3) is 0.296. The van der Waals surface area contributed by atoms with Gasteiger partial charge >= 0.3 is 0 Å². The summed E-state index contributed by atoms with van der Waals surface area (Å²) in [5.74, 6) is 0.137. The van der Waals surface area contributed by atoms with Crippen molar-refractivity contribution in [2.24, 2.45) is 0 Å². The van der Waals surface area contributed by atoms with Gasteiger partial charge in [-0.05, 0) is 97.3 Å².